The number of methoxy groups -OCH3 is 1. The molecule has 2 aromatic heterocycles. The Bertz CT molecular complexity index is 853. The highest BCUT2D eigenvalue weighted by Crippen LogP contribution is 2.29. The van der Waals surface area contributed by atoms with Crippen LogP contribution in [-0.2, 0) is 7.05 Å². The highest BCUT2D eigenvalue weighted by molar-refractivity contribution is 7.13. The maximum atomic E-state index is 12.7. The number of amides is 1. The van der Waals surface area contributed by atoms with Crippen LogP contribution in [-0.4, -0.2) is 22.6 Å². The lowest BCUT2D eigenvalue weighted by atomic mass is 10.0. The maximum Gasteiger partial charge on any atom is 0.262 e. The molecule has 1 unspecified atom stereocenters. The molecule has 1 amide bonds. The van der Waals surface area contributed by atoms with Gasteiger partial charge in [0.1, 0.15) is 17.6 Å². The van der Waals surface area contributed by atoms with E-state index in [9.17, 15) is 4.79 Å². The first-order valence-electron chi connectivity index (χ1n) is 7.57. The van der Waals surface area contributed by atoms with Crippen molar-refractivity contribution in [2.45, 2.75) is 13.0 Å². The molecule has 6 heteroatoms. The van der Waals surface area contributed by atoms with Crippen molar-refractivity contribution in [3.8, 4) is 5.75 Å². The van der Waals surface area contributed by atoms with Crippen LogP contribution in [0, 0.1) is 6.92 Å². The van der Waals surface area contributed by atoms with E-state index in [1.54, 1.807) is 13.3 Å². The summed E-state index contributed by atoms with van der Waals surface area (Å²) in [5, 5.41) is 3.09. The predicted octanol–water partition coefficient (Wildman–Crippen LogP) is 3.32. The van der Waals surface area contributed by atoms with Crippen molar-refractivity contribution in [1.29, 1.82) is 0 Å². The van der Waals surface area contributed by atoms with Crippen LogP contribution in [0.3, 0.4) is 0 Å². The molecule has 0 saturated heterocycles. The van der Waals surface area contributed by atoms with Crippen molar-refractivity contribution in [3.05, 3.63) is 69.9 Å². The Hall–Kier alpha value is -2.60. The predicted molar refractivity (Wildman–Crippen MR) is 94.6 cm³/mol. The number of nitrogens with one attached hydrogen (secondary N) is 1. The number of imidazole rings is 1. The zero-order valence-electron chi connectivity index (χ0n) is 13.8. The second kappa shape index (κ2) is 6.88. The van der Waals surface area contributed by atoms with E-state index >= 15 is 0 Å². The van der Waals surface area contributed by atoms with Gasteiger partial charge in [-0.05, 0) is 25.1 Å². The fourth-order valence-corrected chi connectivity index (χ4v) is 3.37. The fraction of sp³-hybridized carbons (Fsp3) is 0.222. The van der Waals surface area contributed by atoms with Gasteiger partial charge in [0.25, 0.3) is 5.91 Å². The SMILES string of the molecule is COc1ccccc1C(NC(=O)c1ccc(C)s1)c1nccn1C. The number of carbonyl (C=O) groups is 1. The van der Waals surface area contributed by atoms with Crippen molar-refractivity contribution >= 4 is 17.2 Å². The quantitative estimate of drug-likeness (QED) is 0.774. The number of aromatic nitrogens is 2. The van der Waals surface area contributed by atoms with Gasteiger partial charge >= 0.3 is 0 Å². The van der Waals surface area contributed by atoms with Gasteiger partial charge in [0, 0.05) is 29.9 Å². The Balaban J connectivity index is 2.00. The topological polar surface area (TPSA) is 56.1 Å². The second-order valence-corrected chi connectivity index (χ2v) is 6.74. The molecule has 0 aliphatic heterocycles. The first kappa shape index (κ1) is 16.3. The Morgan fingerprint density at radius 2 is 2.08 bits per heavy atom. The Kier molecular flexibility index (Phi) is 4.66. The lowest BCUT2D eigenvalue weighted by Gasteiger charge is -2.21. The molecule has 3 aromatic rings. The molecule has 3 rings (SSSR count). The van der Waals surface area contributed by atoms with E-state index in [-0.39, 0.29) is 5.91 Å². The molecule has 124 valence electrons. The Labute approximate surface area is 144 Å². The number of ether oxygens (including phenoxy) is 1. The van der Waals surface area contributed by atoms with Crippen LogP contribution >= 0.6 is 11.3 Å². The minimum Gasteiger partial charge on any atom is -0.496 e. The fourth-order valence-electron chi connectivity index (χ4n) is 2.60. The van der Waals surface area contributed by atoms with E-state index in [2.05, 4.69) is 10.3 Å². The molecular weight excluding hydrogens is 322 g/mol. The van der Waals surface area contributed by atoms with E-state index in [0.717, 1.165) is 16.3 Å². The van der Waals surface area contributed by atoms with Crippen LogP contribution in [0.5, 0.6) is 5.75 Å². The third-order valence-electron chi connectivity index (χ3n) is 3.81. The number of hydrogen-bond donors (Lipinski definition) is 1. The summed E-state index contributed by atoms with van der Waals surface area (Å²) in [5.74, 6) is 1.35. The van der Waals surface area contributed by atoms with E-state index in [1.165, 1.54) is 11.3 Å². The first-order valence-corrected chi connectivity index (χ1v) is 8.39. The first-order chi connectivity index (χ1) is 11.6. The number of thiophene rings is 1. The summed E-state index contributed by atoms with van der Waals surface area (Å²) in [6.07, 6.45) is 3.58. The minimum absolute atomic E-state index is 0.119. The highest BCUT2D eigenvalue weighted by atomic mass is 32.1. The van der Waals surface area contributed by atoms with E-state index in [1.807, 2.05) is 61.1 Å². The molecule has 0 bridgehead atoms. The summed E-state index contributed by atoms with van der Waals surface area (Å²) in [6, 6.07) is 11.0. The van der Waals surface area contributed by atoms with Crippen molar-refractivity contribution in [1.82, 2.24) is 14.9 Å². The summed E-state index contributed by atoms with van der Waals surface area (Å²) in [4.78, 5) is 18.9. The average molecular weight is 341 g/mol. The van der Waals surface area contributed by atoms with Gasteiger partial charge in [-0.1, -0.05) is 18.2 Å². The maximum absolute atomic E-state index is 12.7. The number of aryl methyl sites for hydroxylation is 2. The molecule has 0 aliphatic rings. The van der Waals surface area contributed by atoms with Gasteiger partial charge < -0.3 is 14.6 Å². The third kappa shape index (κ3) is 3.19. The number of carbonyl (C=O) groups excluding carboxylic acids is 1. The molecule has 0 aliphatic carbocycles. The van der Waals surface area contributed by atoms with Gasteiger partial charge in [-0.25, -0.2) is 4.98 Å². The monoisotopic (exact) mass is 341 g/mol. The van der Waals surface area contributed by atoms with Crippen molar-refractivity contribution in [3.63, 3.8) is 0 Å². The number of nitrogens with zero attached hydrogens (tertiary/aromatic N) is 2. The van der Waals surface area contributed by atoms with Crippen LogP contribution < -0.4 is 10.1 Å². The molecule has 0 spiro atoms. The third-order valence-corrected chi connectivity index (χ3v) is 4.81. The van der Waals surface area contributed by atoms with Crippen LogP contribution in [0.4, 0.5) is 0 Å². The summed E-state index contributed by atoms with van der Waals surface area (Å²) in [6.45, 7) is 1.98. The largest absolute Gasteiger partial charge is 0.496 e. The lowest BCUT2D eigenvalue weighted by molar-refractivity contribution is 0.0945. The Morgan fingerprint density at radius 1 is 1.29 bits per heavy atom. The molecule has 1 aromatic carbocycles. The minimum atomic E-state index is -0.393. The molecule has 5 nitrogen and oxygen atoms in total. The van der Waals surface area contributed by atoms with Crippen molar-refractivity contribution < 1.29 is 9.53 Å². The lowest BCUT2D eigenvalue weighted by Crippen LogP contribution is -2.30. The Morgan fingerprint density at radius 3 is 2.71 bits per heavy atom. The van der Waals surface area contributed by atoms with Crippen molar-refractivity contribution in [2.24, 2.45) is 7.05 Å². The zero-order valence-corrected chi connectivity index (χ0v) is 14.6. The highest BCUT2D eigenvalue weighted by Gasteiger charge is 2.24. The van der Waals surface area contributed by atoms with Gasteiger partial charge in [-0.3, -0.25) is 4.79 Å². The molecule has 2 heterocycles. The average Bonchev–Trinajstić information content (AvgIpc) is 3.21. The van der Waals surface area contributed by atoms with Gasteiger partial charge in [-0.2, -0.15) is 0 Å². The summed E-state index contributed by atoms with van der Waals surface area (Å²) in [7, 11) is 3.53. The molecule has 1 atom stereocenters. The molecule has 0 fully saturated rings. The number of para-hydroxylation sites is 1. The van der Waals surface area contributed by atoms with Gasteiger partial charge in [0.2, 0.25) is 0 Å². The zero-order chi connectivity index (χ0) is 17.1. The molecule has 0 radical (unpaired) electrons. The van der Waals surface area contributed by atoms with E-state index < -0.39 is 6.04 Å². The number of rotatable bonds is 5. The van der Waals surface area contributed by atoms with E-state index in [0.29, 0.717) is 10.6 Å². The number of benzene rings is 1. The van der Waals surface area contributed by atoms with Crippen LogP contribution in [0.25, 0.3) is 0 Å². The van der Waals surface area contributed by atoms with Gasteiger partial charge in [0.05, 0.1) is 12.0 Å². The normalized spacial score (nSPS) is 12.0. The van der Waals surface area contributed by atoms with Crippen molar-refractivity contribution in [2.75, 3.05) is 7.11 Å². The second-order valence-electron chi connectivity index (χ2n) is 5.46. The molecule has 1 N–H and O–H groups in total. The van der Waals surface area contributed by atoms with Crippen LogP contribution in [0.15, 0.2) is 48.8 Å². The molecule has 0 saturated carbocycles. The van der Waals surface area contributed by atoms with Gasteiger partial charge in [0.15, 0.2) is 0 Å². The molecule has 24 heavy (non-hydrogen) atoms. The summed E-state index contributed by atoms with van der Waals surface area (Å²) >= 11 is 1.47. The molecular formula is C18H19N3O2S. The standard InChI is InChI=1S/C18H19N3O2S/c1-12-8-9-15(24-12)18(22)20-16(17-19-10-11-21(17)2)13-6-4-5-7-14(13)23-3/h4-11,16H,1-3H3,(H,20,22). The summed E-state index contributed by atoms with van der Waals surface area (Å²) in [5.41, 5.74) is 0.871. The smallest absolute Gasteiger partial charge is 0.262 e. The van der Waals surface area contributed by atoms with Crippen LogP contribution in [0.2, 0.25) is 0 Å². The van der Waals surface area contributed by atoms with Gasteiger partial charge in [-0.15, -0.1) is 11.3 Å². The van der Waals surface area contributed by atoms with Crippen LogP contribution in [0.1, 0.15) is 32.0 Å². The number of hydrogen-bond acceptors (Lipinski definition) is 4. The van der Waals surface area contributed by atoms with E-state index in [4.69, 9.17) is 4.74 Å². The summed E-state index contributed by atoms with van der Waals surface area (Å²) < 4.78 is 7.37.